The van der Waals surface area contributed by atoms with Crippen LogP contribution in [0.25, 0.3) is 0 Å². The SMILES string of the molecule is CCCCCOc1ccc(NC(=O)C(=O)NCCCN(C)C)cc1. The van der Waals surface area contributed by atoms with Crippen LogP contribution < -0.4 is 15.4 Å². The zero-order valence-corrected chi connectivity index (χ0v) is 14.9. The monoisotopic (exact) mass is 335 g/mol. The third-order valence-corrected chi connectivity index (χ3v) is 3.40. The lowest BCUT2D eigenvalue weighted by Gasteiger charge is -2.10. The van der Waals surface area contributed by atoms with Gasteiger partial charge in [-0.25, -0.2) is 0 Å². The first kappa shape index (κ1) is 20.0. The molecule has 1 rings (SSSR count). The fraction of sp³-hybridized carbons (Fsp3) is 0.556. The van der Waals surface area contributed by atoms with Gasteiger partial charge in [0.25, 0.3) is 0 Å². The molecule has 0 radical (unpaired) electrons. The zero-order valence-electron chi connectivity index (χ0n) is 14.9. The van der Waals surface area contributed by atoms with E-state index in [1.54, 1.807) is 24.3 Å². The zero-order chi connectivity index (χ0) is 17.8. The third-order valence-electron chi connectivity index (χ3n) is 3.40. The molecule has 0 spiro atoms. The van der Waals surface area contributed by atoms with Crippen LogP contribution in [0.1, 0.15) is 32.6 Å². The molecule has 134 valence electrons. The second-order valence-electron chi connectivity index (χ2n) is 5.95. The van der Waals surface area contributed by atoms with Crippen molar-refractivity contribution in [1.82, 2.24) is 10.2 Å². The van der Waals surface area contributed by atoms with Gasteiger partial charge in [-0.15, -0.1) is 0 Å². The second kappa shape index (κ2) is 11.5. The van der Waals surface area contributed by atoms with Crippen LogP contribution in [0.4, 0.5) is 5.69 Å². The van der Waals surface area contributed by atoms with E-state index in [0.717, 1.165) is 38.0 Å². The van der Waals surface area contributed by atoms with E-state index in [-0.39, 0.29) is 0 Å². The molecule has 1 aromatic rings. The summed E-state index contributed by atoms with van der Waals surface area (Å²) in [6.07, 6.45) is 4.14. The van der Waals surface area contributed by atoms with E-state index in [0.29, 0.717) is 18.8 Å². The number of carbonyl (C=O) groups excluding carboxylic acids is 2. The molecule has 0 bridgehead atoms. The van der Waals surface area contributed by atoms with Crippen molar-refractivity contribution in [2.45, 2.75) is 32.6 Å². The van der Waals surface area contributed by atoms with Crippen LogP contribution in [-0.4, -0.2) is 50.5 Å². The number of amides is 2. The van der Waals surface area contributed by atoms with Crippen LogP contribution in [0, 0.1) is 0 Å². The fourth-order valence-electron chi connectivity index (χ4n) is 2.04. The van der Waals surface area contributed by atoms with Crippen molar-refractivity contribution < 1.29 is 14.3 Å². The second-order valence-corrected chi connectivity index (χ2v) is 5.95. The Hall–Kier alpha value is -2.08. The normalized spacial score (nSPS) is 10.5. The summed E-state index contributed by atoms with van der Waals surface area (Å²) in [4.78, 5) is 25.5. The summed E-state index contributed by atoms with van der Waals surface area (Å²) in [6, 6.07) is 7.03. The van der Waals surface area contributed by atoms with E-state index < -0.39 is 11.8 Å². The Labute approximate surface area is 144 Å². The molecule has 24 heavy (non-hydrogen) atoms. The molecule has 2 amide bonds. The number of carbonyl (C=O) groups is 2. The quantitative estimate of drug-likeness (QED) is 0.508. The maximum atomic E-state index is 11.8. The number of benzene rings is 1. The number of nitrogens with one attached hydrogen (secondary N) is 2. The van der Waals surface area contributed by atoms with Gasteiger partial charge in [-0.05, 0) is 57.7 Å². The first-order chi connectivity index (χ1) is 11.5. The number of ether oxygens (including phenoxy) is 1. The van der Waals surface area contributed by atoms with E-state index in [2.05, 4.69) is 17.6 Å². The highest BCUT2D eigenvalue weighted by Gasteiger charge is 2.12. The molecule has 1 aromatic carbocycles. The van der Waals surface area contributed by atoms with Crippen molar-refractivity contribution in [2.75, 3.05) is 39.1 Å². The molecule has 0 saturated heterocycles. The van der Waals surface area contributed by atoms with Gasteiger partial charge < -0.3 is 20.3 Å². The fourth-order valence-corrected chi connectivity index (χ4v) is 2.04. The predicted octanol–water partition coefficient (Wildman–Crippen LogP) is 2.26. The minimum atomic E-state index is -0.656. The minimum absolute atomic E-state index is 0.481. The van der Waals surface area contributed by atoms with Gasteiger partial charge in [-0.3, -0.25) is 9.59 Å². The van der Waals surface area contributed by atoms with Gasteiger partial charge in [0.15, 0.2) is 0 Å². The Morgan fingerprint density at radius 1 is 1.04 bits per heavy atom. The molecule has 0 aromatic heterocycles. The molecule has 0 heterocycles. The summed E-state index contributed by atoms with van der Waals surface area (Å²) in [5.41, 5.74) is 0.573. The number of unbranched alkanes of at least 4 members (excludes halogenated alkanes) is 2. The van der Waals surface area contributed by atoms with Crippen LogP contribution in [0.3, 0.4) is 0 Å². The maximum Gasteiger partial charge on any atom is 0.313 e. The molecule has 6 heteroatoms. The van der Waals surface area contributed by atoms with Gasteiger partial charge in [0.05, 0.1) is 6.61 Å². The standard InChI is InChI=1S/C18H29N3O3/c1-4-5-6-14-24-16-10-8-15(9-11-16)20-18(23)17(22)19-12-7-13-21(2)3/h8-11H,4-7,12-14H2,1-3H3,(H,19,22)(H,20,23). The molecule has 0 aliphatic rings. The Bertz CT molecular complexity index is 501. The Kier molecular flexibility index (Phi) is 9.53. The van der Waals surface area contributed by atoms with E-state index in [9.17, 15) is 9.59 Å². The average molecular weight is 335 g/mol. The van der Waals surface area contributed by atoms with Gasteiger partial charge in [-0.1, -0.05) is 19.8 Å². The molecule has 2 N–H and O–H groups in total. The van der Waals surface area contributed by atoms with Crippen molar-refractivity contribution in [3.63, 3.8) is 0 Å². The van der Waals surface area contributed by atoms with Crippen molar-refractivity contribution in [3.8, 4) is 5.75 Å². The summed E-state index contributed by atoms with van der Waals surface area (Å²) in [5.74, 6) is -0.512. The predicted molar refractivity (Wildman–Crippen MR) is 96.3 cm³/mol. The van der Waals surface area contributed by atoms with Crippen molar-refractivity contribution in [1.29, 1.82) is 0 Å². The Morgan fingerprint density at radius 3 is 2.38 bits per heavy atom. The van der Waals surface area contributed by atoms with Gasteiger partial charge in [0, 0.05) is 12.2 Å². The lowest BCUT2D eigenvalue weighted by molar-refractivity contribution is -0.136. The van der Waals surface area contributed by atoms with Crippen molar-refractivity contribution in [2.24, 2.45) is 0 Å². The minimum Gasteiger partial charge on any atom is -0.494 e. The molecule has 0 atom stereocenters. The number of nitrogens with zero attached hydrogens (tertiary/aromatic N) is 1. The molecule has 0 aliphatic carbocycles. The highest BCUT2D eigenvalue weighted by atomic mass is 16.5. The van der Waals surface area contributed by atoms with Crippen LogP contribution >= 0.6 is 0 Å². The summed E-state index contributed by atoms with van der Waals surface area (Å²) in [5, 5.41) is 5.18. The van der Waals surface area contributed by atoms with Gasteiger partial charge in [0.1, 0.15) is 5.75 Å². The van der Waals surface area contributed by atoms with Crippen LogP contribution in [0.15, 0.2) is 24.3 Å². The first-order valence-electron chi connectivity index (χ1n) is 8.49. The molecule has 0 saturated carbocycles. The van der Waals surface area contributed by atoms with Gasteiger partial charge in [0.2, 0.25) is 0 Å². The van der Waals surface area contributed by atoms with E-state index in [1.165, 1.54) is 0 Å². The van der Waals surface area contributed by atoms with Gasteiger partial charge >= 0.3 is 11.8 Å². The van der Waals surface area contributed by atoms with E-state index >= 15 is 0 Å². The maximum absolute atomic E-state index is 11.8. The number of hydrogen-bond donors (Lipinski definition) is 2. The largest absolute Gasteiger partial charge is 0.494 e. The van der Waals surface area contributed by atoms with E-state index in [4.69, 9.17) is 4.74 Å². The Balaban J connectivity index is 2.31. The molecular weight excluding hydrogens is 306 g/mol. The highest BCUT2D eigenvalue weighted by molar-refractivity contribution is 6.39. The molecule has 0 unspecified atom stereocenters. The number of rotatable bonds is 10. The summed E-state index contributed by atoms with van der Waals surface area (Å²) in [7, 11) is 3.93. The topological polar surface area (TPSA) is 70.7 Å². The molecular formula is C18H29N3O3. The molecule has 0 aliphatic heterocycles. The van der Waals surface area contributed by atoms with Crippen LogP contribution in [-0.2, 0) is 9.59 Å². The lowest BCUT2D eigenvalue weighted by Crippen LogP contribution is -2.36. The van der Waals surface area contributed by atoms with Gasteiger partial charge in [-0.2, -0.15) is 0 Å². The highest BCUT2D eigenvalue weighted by Crippen LogP contribution is 2.16. The molecule has 6 nitrogen and oxygen atoms in total. The lowest BCUT2D eigenvalue weighted by atomic mass is 10.2. The third kappa shape index (κ3) is 8.53. The average Bonchev–Trinajstić information content (AvgIpc) is 2.56. The summed E-state index contributed by atoms with van der Waals surface area (Å²) >= 11 is 0. The van der Waals surface area contributed by atoms with Crippen molar-refractivity contribution in [3.05, 3.63) is 24.3 Å². The number of hydrogen-bond acceptors (Lipinski definition) is 4. The van der Waals surface area contributed by atoms with Crippen molar-refractivity contribution >= 4 is 17.5 Å². The Morgan fingerprint density at radius 2 is 1.75 bits per heavy atom. The van der Waals surface area contributed by atoms with E-state index in [1.807, 2.05) is 19.0 Å². The van der Waals surface area contributed by atoms with Crippen LogP contribution in [0.2, 0.25) is 0 Å². The van der Waals surface area contributed by atoms with Crippen LogP contribution in [0.5, 0.6) is 5.75 Å². The number of anilines is 1. The smallest absolute Gasteiger partial charge is 0.313 e. The molecule has 0 fully saturated rings. The summed E-state index contributed by atoms with van der Waals surface area (Å²) in [6.45, 7) is 4.18. The first-order valence-corrected chi connectivity index (χ1v) is 8.49. The summed E-state index contributed by atoms with van der Waals surface area (Å²) < 4.78 is 5.60.